The molecule has 0 radical (unpaired) electrons. The van der Waals surface area contributed by atoms with Crippen LogP contribution in [-0.4, -0.2) is 25.0 Å². The number of hydrogen-bond acceptors (Lipinski definition) is 2. The molecular weight excluding hydrogens is 304 g/mol. The third kappa shape index (κ3) is 7.42. The predicted molar refractivity (Wildman–Crippen MR) is 60.5 cm³/mol. The average molecular weight is 315 g/mol. The molecular formula is C12H11F6NO2. The van der Waals surface area contributed by atoms with Crippen molar-refractivity contribution < 1.29 is 35.9 Å². The van der Waals surface area contributed by atoms with Crippen molar-refractivity contribution in [2.75, 3.05) is 6.54 Å². The number of amides is 1. The van der Waals surface area contributed by atoms with E-state index in [0.717, 1.165) is 6.07 Å². The van der Waals surface area contributed by atoms with Crippen molar-refractivity contribution in [3.63, 3.8) is 0 Å². The second-order valence-corrected chi connectivity index (χ2v) is 4.05. The molecule has 0 aromatic heterocycles. The number of benzene rings is 1. The number of para-hydroxylation sites is 1. The standard InChI is InChI=1S/C12H11F6NO2/c13-11(14,15)7-19-10(20)6-5-8-3-1-2-4-9(8)21-12(16,17)18/h1-4H,5-7H2,(H,19,20). The molecule has 0 aliphatic heterocycles. The first kappa shape index (κ1) is 17.1. The van der Waals surface area contributed by atoms with Crippen molar-refractivity contribution in [2.45, 2.75) is 25.4 Å². The molecule has 0 aliphatic carbocycles. The highest BCUT2D eigenvalue weighted by atomic mass is 19.4. The molecule has 0 heterocycles. The van der Waals surface area contributed by atoms with Gasteiger partial charge in [0.25, 0.3) is 0 Å². The number of hydrogen-bond donors (Lipinski definition) is 1. The minimum absolute atomic E-state index is 0.0805. The van der Waals surface area contributed by atoms with Crippen LogP contribution in [0.4, 0.5) is 26.3 Å². The molecule has 1 N–H and O–H groups in total. The van der Waals surface area contributed by atoms with Gasteiger partial charge in [0.2, 0.25) is 5.91 Å². The van der Waals surface area contributed by atoms with Crippen molar-refractivity contribution in [2.24, 2.45) is 0 Å². The van der Waals surface area contributed by atoms with Gasteiger partial charge in [-0.3, -0.25) is 4.79 Å². The van der Waals surface area contributed by atoms with Gasteiger partial charge in [-0.05, 0) is 18.1 Å². The summed E-state index contributed by atoms with van der Waals surface area (Å²) in [5, 5.41) is 1.63. The lowest BCUT2D eigenvalue weighted by Gasteiger charge is -2.13. The maximum Gasteiger partial charge on any atom is 0.573 e. The van der Waals surface area contributed by atoms with E-state index in [2.05, 4.69) is 4.74 Å². The van der Waals surface area contributed by atoms with E-state index in [1.807, 2.05) is 0 Å². The Kier molecular flexibility index (Phi) is 5.45. The Balaban J connectivity index is 2.57. The summed E-state index contributed by atoms with van der Waals surface area (Å²) >= 11 is 0. The first-order valence-corrected chi connectivity index (χ1v) is 5.74. The number of carbonyl (C=O) groups is 1. The van der Waals surface area contributed by atoms with Gasteiger partial charge in [0.15, 0.2) is 0 Å². The summed E-state index contributed by atoms with van der Waals surface area (Å²) < 4.78 is 75.8. The second-order valence-electron chi connectivity index (χ2n) is 4.05. The van der Waals surface area contributed by atoms with Gasteiger partial charge in [-0.25, -0.2) is 0 Å². The lowest BCUT2D eigenvalue weighted by molar-refractivity contribution is -0.274. The molecule has 0 saturated carbocycles. The van der Waals surface area contributed by atoms with Crippen LogP contribution in [-0.2, 0) is 11.2 Å². The van der Waals surface area contributed by atoms with Crippen LogP contribution in [0.3, 0.4) is 0 Å². The summed E-state index contributed by atoms with van der Waals surface area (Å²) in [5.41, 5.74) is 0.0805. The zero-order valence-electron chi connectivity index (χ0n) is 10.5. The summed E-state index contributed by atoms with van der Waals surface area (Å²) in [7, 11) is 0. The largest absolute Gasteiger partial charge is 0.573 e. The van der Waals surface area contributed by atoms with Crippen LogP contribution in [0.25, 0.3) is 0 Å². The van der Waals surface area contributed by atoms with Crippen LogP contribution in [0.1, 0.15) is 12.0 Å². The topological polar surface area (TPSA) is 38.3 Å². The molecule has 1 aromatic rings. The van der Waals surface area contributed by atoms with E-state index in [1.54, 1.807) is 5.32 Å². The van der Waals surface area contributed by atoms with Gasteiger partial charge in [0.1, 0.15) is 12.3 Å². The minimum atomic E-state index is -4.88. The number of carbonyl (C=O) groups excluding carboxylic acids is 1. The van der Waals surface area contributed by atoms with Crippen molar-refractivity contribution in [1.82, 2.24) is 5.32 Å². The molecule has 1 amide bonds. The number of rotatable bonds is 5. The van der Waals surface area contributed by atoms with Gasteiger partial charge in [0, 0.05) is 6.42 Å². The van der Waals surface area contributed by atoms with Gasteiger partial charge < -0.3 is 10.1 Å². The summed E-state index contributed by atoms with van der Waals surface area (Å²) in [4.78, 5) is 11.2. The fourth-order valence-corrected chi connectivity index (χ4v) is 1.47. The smallest absolute Gasteiger partial charge is 0.406 e. The number of nitrogens with one attached hydrogen (secondary N) is 1. The molecule has 118 valence electrons. The van der Waals surface area contributed by atoms with Crippen LogP contribution in [0, 0.1) is 0 Å². The Labute approximate surface area is 115 Å². The zero-order valence-corrected chi connectivity index (χ0v) is 10.5. The Morgan fingerprint density at radius 2 is 1.71 bits per heavy atom. The van der Waals surface area contributed by atoms with Crippen molar-refractivity contribution in [1.29, 1.82) is 0 Å². The Morgan fingerprint density at radius 3 is 2.29 bits per heavy atom. The second kappa shape index (κ2) is 6.68. The third-order valence-electron chi connectivity index (χ3n) is 2.31. The first-order chi connectivity index (χ1) is 9.57. The van der Waals surface area contributed by atoms with E-state index in [1.165, 1.54) is 18.2 Å². The molecule has 21 heavy (non-hydrogen) atoms. The Morgan fingerprint density at radius 1 is 1.10 bits per heavy atom. The summed E-state index contributed by atoms with van der Waals surface area (Å²) in [6, 6.07) is 5.12. The van der Waals surface area contributed by atoms with Gasteiger partial charge in [-0.2, -0.15) is 13.2 Å². The molecule has 0 aliphatic rings. The average Bonchev–Trinajstić information content (AvgIpc) is 2.32. The summed E-state index contributed by atoms with van der Waals surface area (Å²) in [6.45, 7) is -1.48. The fourth-order valence-electron chi connectivity index (χ4n) is 1.47. The van der Waals surface area contributed by atoms with Crippen molar-refractivity contribution in [3.05, 3.63) is 29.8 Å². The van der Waals surface area contributed by atoms with Crippen LogP contribution in [0.5, 0.6) is 5.75 Å². The predicted octanol–water partition coefficient (Wildman–Crippen LogP) is 3.20. The minimum Gasteiger partial charge on any atom is -0.406 e. The lowest BCUT2D eigenvalue weighted by Crippen LogP contribution is -2.33. The van der Waals surface area contributed by atoms with Crippen LogP contribution in [0.2, 0.25) is 0 Å². The molecule has 0 saturated heterocycles. The number of alkyl halides is 6. The van der Waals surface area contributed by atoms with Crippen molar-refractivity contribution in [3.8, 4) is 5.75 Å². The van der Waals surface area contributed by atoms with Crippen molar-refractivity contribution >= 4 is 5.91 Å². The molecule has 9 heteroatoms. The van der Waals surface area contributed by atoms with Crippen LogP contribution >= 0.6 is 0 Å². The molecule has 3 nitrogen and oxygen atoms in total. The Hall–Kier alpha value is -1.93. The molecule has 0 atom stereocenters. The first-order valence-electron chi connectivity index (χ1n) is 5.74. The highest BCUT2D eigenvalue weighted by Crippen LogP contribution is 2.27. The number of aryl methyl sites for hydroxylation is 1. The quantitative estimate of drug-likeness (QED) is 0.848. The Bertz CT molecular complexity index is 483. The SMILES string of the molecule is O=C(CCc1ccccc1OC(F)(F)F)NCC(F)(F)F. The molecule has 0 spiro atoms. The van der Waals surface area contributed by atoms with E-state index in [4.69, 9.17) is 0 Å². The molecule has 0 bridgehead atoms. The van der Waals surface area contributed by atoms with E-state index in [-0.39, 0.29) is 18.4 Å². The maximum absolute atomic E-state index is 12.1. The molecule has 0 fully saturated rings. The lowest BCUT2D eigenvalue weighted by atomic mass is 10.1. The van der Waals surface area contributed by atoms with E-state index in [9.17, 15) is 31.1 Å². The highest BCUT2D eigenvalue weighted by Gasteiger charge is 2.32. The monoisotopic (exact) mass is 315 g/mol. The van der Waals surface area contributed by atoms with Gasteiger partial charge in [-0.15, -0.1) is 13.2 Å². The van der Waals surface area contributed by atoms with Crippen LogP contribution < -0.4 is 10.1 Å². The third-order valence-corrected chi connectivity index (χ3v) is 2.31. The van der Waals surface area contributed by atoms with Gasteiger partial charge in [0.05, 0.1) is 0 Å². The molecule has 1 aromatic carbocycles. The van der Waals surface area contributed by atoms with E-state index in [0.29, 0.717) is 0 Å². The normalized spacial score (nSPS) is 12.1. The summed E-state index contributed by atoms with van der Waals surface area (Å²) in [6.07, 6.45) is -9.97. The number of halogens is 6. The van der Waals surface area contributed by atoms with E-state index < -0.39 is 30.7 Å². The number of ether oxygens (including phenoxy) is 1. The van der Waals surface area contributed by atoms with Gasteiger partial charge in [-0.1, -0.05) is 18.2 Å². The maximum atomic E-state index is 12.1. The fraction of sp³-hybridized carbons (Fsp3) is 0.417. The molecule has 1 rings (SSSR count). The highest BCUT2D eigenvalue weighted by molar-refractivity contribution is 5.76. The van der Waals surface area contributed by atoms with Gasteiger partial charge >= 0.3 is 12.5 Å². The molecule has 0 unspecified atom stereocenters. The zero-order chi connectivity index (χ0) is 16.1. The summed E-state index contributed by atoms with van der Waals surface area (Å²) in [5.74, 6) is -1.39. The van der Waals surface area contributed by atoms with Crippen LogP contribution in [0.15, 0.2) is 24.3 Å². The van der Waals surface area contributed by atoms with E-state index >= 15 is 0 Å².